The summed E-state index contributed by atoms with van der Waals surface area (Å²) in [6.45, 7) is 16.9. The molecule has 3 aliphatic rings. The molecule has 0 saturated carbocycles. The Balaban J connectivity index is 1.22. The zero-order valence-electron chi connectivity index (χ0n) is 25.4. The first-order valence-corrected chi connectivity index (χ1v) is 15.7. The fourth-order valence-corrected chi connectivity index (χ4v) is 6.49. The number of nitrogens with zero attached hydrogens (tertiary/aromatic N) is 3. The molecule has 4 heteroatoms. The molecular formula is C36H51N3O. The first-order valence-electron chi connectivity index (χ1n) is 15.7. The molecule has 0 aromatic heterocycles. The van der Waals surface area contributed by atoms with Gasteiger partial charge >= 0.3 is 0 Å². The van der Waals surface area contributed by atoms with E-state index < -0.39 is 0 Å². The van der Waals surface area contributed by atoms with Crippen molar-refractivity contribution in [2.24, 2.45) is 22.7 Å². The minimum absolute atomic E-state index is 0.0924. The maximum Gasteiger partial charge on any atom is 0.226 e. The van der Waals surface area contributed by atoms with Crippen LogP contribution in [0.5, 0.6) is 0 Å². The van der Waals surface area contributed by atoms with Crippen LogP contribution in [0.1, 0.15) is 89.8 Å². The van der Waals surface area contributed by atoms with Gasteiger partial charge < -0.3 is 9.80 Å². The Labute approximate surface area is 243 Å². The Morgan fingerprint density at radius 1 is 1.12 bits per heavy atom. The largest absolute Gasteiger partial charge is 0.361 e. The second-order valence-electron chi connectivity index (χ2n) is 12.4. The highest BCUT2D eigenvalue weighted by Crippen LogP contribution is 2.35. The third kappa shape index (κ3) is 7.86. The zero-order chi connectivity index (χ0) is 28.5. The maximum absolute atomic E-state index is 13.4. The van der Waals surface area contributed by atoms with Crippen molar-refractivity contribution in [3.63, 3.8) is 0 Å². The van der Waals surface area contributed by atoms with Crippen LogP contribution in [0.2, 0.25) is 0 Å². The van der Waals surface area contributed by atoms with E-state index in [9.17, 15) is 4.79 Å². The van der Waals surface area contributed by atoms with Crippen LogP contribution in [-0.4, -0.2) is 47.7 Å². The molecule has 2 aliphatic heterocycles. The molecule has 4 rings (SSSR count). The van der Waals surface area contributed by atoms with Gasteiger partial charge in [-0.2, -0.15) is 0 Å². The lowest BCUT2D eigenvalue weighted by atomic mass is 9.84. The summed E-state index contributed by atoms with van der Waals surface area (Å²) in [7, 11) is 0. The highest BCUT2D eigenvalue weighted by atomic mass is 16.2. The fourth-order valence-electron chi connectivity index (χ4n) is 6.49. The molecule has 1 aromatic carbocycles. The molecule has 4 nitrogen and oxygen atoms in total. The molecule has 0 radical (unpaired) electrons. The summed E-state index contributed by atoms with van der Waals surface area (Å²) in [6, 6.07) is 8.74. The smallest absolute Gasteiger partial charge is 0.226 e. The average Bonchev–Trinajstić information content (AvgIpc) is 2.98. The molecule has 1 amide bonds. The molecule has 1 fully saturated rings. The van der Waals surface area contributed by atoms with Gasteiger partial charge in [0.25, 0.3) is 0 Å². The van der Waals surface area contributed by atoms with E-state index in [1.165, 1.54) is 47.4 Å². The lowest BCUT2D eigenvalue weighted by molar-refractivity contribution is -0.138. The quantitative estimate of drug-likeness (QED) is 0.180. The van der Waals surface area contributed by atoms with Crippen molar-refractivity contribution in [3.05, 3.63) is 83.5 Å². The maximum atomic E-state index is 13.4. The molecule has 1 aromatic rings. The van der Waals surface area contributed by atoms with Crippen molar-refractivity contribution >= 4 is 11.7 Å². The topological polar surface area (TPSA) is 35.9 Å². The van der Waals surface area contributed by atoms with Crippen LogP contribution in [0.3, 0.4) is 0 Å². The zero-order valence-corrected chi connectivity index (χ0v) is 25.4. The predicted octanol–water partition coefficient (Wildman–Crippen LogP) is 8.09. The third-order valence-corrected chi connectivity index (χ3v) is 9.14. The molecule has 0 spiro atoms. The molecular weight excluding hydrogens is 490 g/mol. The van der Waals surface area contributed by atoms with Gasteiger partial charge in [0.05, 0.1) is 11.9 Å². The Morgan fingerprint density at radius 2 is 1.90 bits per heavy atom. The number of allylic oxidation sites excluding steroid dienone is 7. The number of carbonyl (C=O) groups is 1. The normalized spacial score (nSPS) is 23.0. The van der Waals surface area contributed by atoms with Crippen molar-refractivity contribution in [2.45, 2.75) is 85.1 Å². The van der Waals surface area contributed by atoms with Crippen LogP contribution in [0.4, 0.5) is 0 Å². The van der Waals surface area contributed by atoms with E-state index in [2.05, 4.69) is 92.6 Å². The summed E-state index contributed by atoms with van der Waals surface area (Å²) < 4.78 is 0. The first-order chi connectivity index (χ1) is 19.4. The number of hydrogen-bond acceptors (Lipinski definition) is 2. The van der Waals surface area contributed by atoms with E-state index in [0.29, 0.717) is 11.8 Å². The Morgan fingerprint density at radius 3 is 2.60 bits per heavy atom. The monoisotopic (exact) mass is 541 g/mol. The molecule has 2 unspecified atom stereocenters. The number of piperidine rings is 1. The number of hydrogen-bond donors (Lipinski definition) is 0. The first kappa shape index (κ1) is 30.1. The van der Waals surface area contributed by atoms with Crippen molar-refractivity contribution in [3.8, 4) is 0 Å². The standard InChI is InChI=1S/C36H51N3O/c1-6-31(13-9-7-8-12-30-20-23-38(24-21-30)29(5)37-26-27(2)3)32-16-18-34(19-17-32)36(40)39-25-22-33-14-10-11-15-35(33)28(39)4/h6-7,9-11,13-16,27-28,30,34H,1,8,12,17-26H2,2-5H3/b9-7+,31-13+,37-29+. The number of rotatable bonds is 9. The lowest BCUT2D eigenvalue weighted by Crippen LogP contribution is -2.42. The van der Waals surface area contributed by atoms with Crippen molar-refractivity contribution < 1.29 is 4.79 Å². The van der Waals surface area contributed by atoms with Crippen LogP contribution in [0.15, 0.2) is 77.4 Å². The van der Waals surface area contributed by atoms with Crippen molar-refractivity contribution in [1.29, 1.82) is 0 Å². The van der Waals surface area contributed by atoms with Gasteiger partial charge in [-0.25, -0.2) is 0 Å². The van der Waals surface area contributed by atoms with Crippen molar-refractivity contribution in [1.82, 2.24) is 9.80 Å². The van der Waals surface area contributed by atoms with Crippen LogP contribution >= 0.6 is 0 Å². The van der Waals surface area contributed by atoms with E-state index in [0.717, 1.165) is 64.2 Å². The number of benzene rings is 1. The molecule has 1 saturated heterocycles. The second-order valence-corrected chi connectivity index (χ2v) is 12.4. The predicted molar refractivity (Wildman–Crippen MR) is 169 cm³/mol. The van der Waals surface area contributed by atoms with Gasteiger partial charge in [-0.1, -0.05) is 75.1 Å². The van der Waals surface area contributed by atoms with E-state index in [1.54, 1.807) is 0 Å². The van der Waals surface area contributed by atoms with Gasteiger partial charge in [-0.15, -0.1) is 0 Å². The second kappa shape index (κ2) is 14.7. The molecule has 40 heavy (non-hydrogen) atoms. The Kier molecular flexibility index (Phi) is 11.0. The van der Waals surface area contributed by atoms with Gasteiger partial charge in [0.2, 0.25) is 5.91 Å². The number of fused-ring (bicyclic) bond motifs is 1. The van der Waals surface area contributed by atoms with Crippen LogP contribution < -0.4 is 0 Å². The fraction of sp³-hybridized carbons (Fsp3) is 0.556. The summed E-state index contributed by atoms with van der Waals surface area (Å²) in [5.74, 6) is 3.07. The van der Waals surface area contributed by atoms with E-state index in [4.69, 9.17) is 4.99 Å². The van der Waals surface area contributed by atoms with Gasteiger partial charge in [0.1, 0.15) is 0 Å². The molecule has 1 aliphatic carbocycles. The molecule has 2 atom stereocenters. The highest BCUT2D eigenvalue weighted by Gasteiger charge is 2.32. The van der Waals surface area contributed by atoms with E-state index in [-0.39, 0.29) is 12.0 Å². The lowest BCUT2D eigenvalue weighted by Gasteiger charge is -2.38. The van der Waals surface area contributed by atoms with Crippen LogP contribution in [0, 0.1) is 17.8 Å². The van der Waals surface area contributed by atoms with Gasteiger partial charge in [0.15, 0.2) is 0 Å². The average molecular weight is 542 g/mol. The number of carbonyl (C=O) groups excluding carboxylic acids is 1. The van der Waals surface area contributed by atoms with E-state index in [1.807, 2.05) is 6.08 Å². The summed E-state index contributed by atoms with van der Waals surface area (Å²) in [4.78, 5) is 22.8. The minimum atomic E-state index is 0.0924. The van der Waals surface area contributed by atoms with Crippen LogP contribution in [-0.2, 0) is 11.2 Å². The van der Waals surface area contributed by atoms with Gasteiger partial charge in [-0.05, 0) is 99.3 Å². The van der Waals surface area contributed by atoms with Gasteiger partial charge in [0, 0.05) is 32.1 Å². The molecule has 216 valence electrons. The summed E-state index contributed by atoms with van der Waals surface area (Å²) in [5, 5.41) is 0. The van der Waals surface area contributed by atoms with Crippen LogP contribution in [0.25, 0.3) is 0 Å². The molecule has 0 bridgehead atoms. The third-order valence-electron chi connectivity index (χ3n) is 9.14. The number of likely N-dealkylation sites (tertiary alicyclic amines) is 1. The number of aliphatic imine (C=N–C) groups is 1. The molecule has 2 heterocycles. The highest BCUT2D eigenvalue weighted by molar-refractivity contribution is 5.80. The Hall–Kier alpha value is -2.88. The van der Waals surface area contributed by atoms with Gasteiger partial charge in [-0.3, -0.25) is 9.79 Å². The molecule has 0 N–H and O–H groups in total. The Bertz CT molecular complexity index is 1130. The summed E-state index contributed by atoms with van der Waals surface area (Å²) in [5.41, 5.74) is 5.24. The SMILES string of the molecule is C=C/C(=C\C=C\CCC1CCN(/C(C)=N/CC(C)C)CC1)C1=CCC(C(=O)N2CCc3ccccc3C2C)CC1. The van der Waals surface area contributed by atoms with Crippen molar-refractivity contribution in [2.75, 3.05) is 26.2 Å². The summed E-state index contributed by atoms with van der Waals surface area (Å²) in [6.07, 6.45) is 19.6. The summed E-state index contributed by atoms with van der Waals surface area (Å²) >= 11 is 0. The number of amidine groups is 1. The number of amides is 1. The van der Waals surface area contributed by atoms with E-state index >= 15 is 0 Å². The minimum Gasteiger partial charge on any atom is -0.361 e.